The molecule has 0 saturated carbocycles. The maximum atomic E-state index is 12.8. The molecule has 2 N–H and O–H groups in total. The summed E-state index contributed by atoms with van der Waals surface area (Å²) in [6, 6.07) is 10.7. The Morgan fingerprint density at radius 3 is 2.19 bits per heavy atom. The molecule has 0 aliphatic heterocycles. The van der Waals surface area contributed by atoms with Crippen molar-refractivity contribution >= 4 is 17.9 Å². The van der Waals surface area contributed by atoms with E-state index in [-0.39, 0.29) is 12.2 Å². The lowest BCUT2D eigenvalue weighted by Crippen LogP contribution is -2.41. The third-order valence-electron chi connectivity index (χ3n) is 3.40. The third kappa shape index (κ3) is 5.94. The van der Waals surface area contributed by atoms with Gasteiger partial charge >= 0.3 is 0 Å². The summed E-state index contributed by atoms with van der Waals surface area (Å²) in [6.45, 7) is 0. The van der Waals surface area contributed by atoms with E-state index in [1.54, 1.807) is 24.3 Å². The first-order chi connectivity index (χ1) is 12.5. The van der Waals surface area contributed by atoms with E-state index in [9.17, 15) is 14.0 Å². The number of benzene rings is 2. The number of hydrogen-bond acceptors (Lipinski definition) is 4. The molecular weight excluding hydrogens is 339 g/mol. The van der Waals surface area contributed by atoms with Crippen LogP contribution in [0.5, 0.6) is 11.5 Å². The maximum absolute atomic E-state index is 12.8. The number of methoxy groups -OCH3 is 2. The van der Waals surface area contributed by atoms with Crippen molar-refractivity contribution in [1.29, 1.82) is 0 Å². The van der Waals surface area contributed by atoms with Gasteiger partial charge in [0.15, 0.2) is 0 Å². The minimum Gasteiger partial charge on any atom is -0.497 e. The van der Waals surface area contributed by atoms with E-state index >= 15 is 0 Å². The van der Waals surface area contributed by atoms with E-state index in [1.807, 2.05) is 0 Å². The van der Waals surface area contributed by atoms with Crippen molar-refractivity contribution in [2.24, 2.45) is 0 Å². The summed E-state index contributed by atoms with van der Waals surface area (Å²) < 4.78 is 23.1. The van der Waals surface area contributed by atoms with Crippen LogP contribution >= 0.6 is 0 Å². The van der Waals surface area contributed by atoms with Gasteiger partial charge in [-0.15, -0.1) is 0 Å². The highest BCUT2D eigenvalue weighted by atomic mass is 19.1. The second-order valence-electron chi connectivity index (χ2n) is 5.32. The number of hydrazine groups is 1. The Kier molecular flexibility index (Phi) is 6.73. The molecule has 2 rings (SSSR count). The monoisotopic (exact) mass is 358 g/mol. The summed E-state index contributed by atoms with van der Waals surface area (Å²) in [6.07, 6.45) is 2.86. The van der Waals surface area contributed by atoms with Gasteiger partial charge in [0, 0.05) is 12.1 Å². The smallest absolute Gasteiger partial charge is 0.262 e. The van der Waals surface area contributed by atoms with Crippen LogP contribution in [0.25, 0.3) is 6.08 Å². The summed E-state index contributed by atoms with van der Waals surface area (Å²) >= 11 is 0. The molecule has 0 bridgehead atoms. The first kappa shape index (κ1) is 19.0. The predicted molar refractivity (Wildman–Crippen MR) is 95.0 cm³/mol. The van der Waals surface area contributed by atoms with Crippen LogP contribution in [0.1, 0.15) is 11.1 Å². The van der Waals surface area contributed by atoms with Gasteiger partial charge in [-0.1, -0.05) is 12.1 Å². The molecule has 26 heavy (non-hydrogen) atoms. The van der Waals surface area contributed by atoms with Crippen molar-refractivity contribution < 1.29 is 23.5 Å². The first-order valence-electron chi connectivity index (χ1n) is 7.74. The lowest BCUT2D eigenvalue weighted by atomic mass is 10.1. The summed E-state index contributed by atoms with van der Waals surface area (Å²) in [5.41, 5.74) is 5.91. The third-order valence-corrected chi connectivity index (χ3v) is 3.40. The SMILES string of the molecule is COc1cc(/C=C/C(=O)NNC(=O)Cc2ccc(F)cc2)cc(OC)c1. The molecule has 0 aromatic heterocycles. The van der Waals surface area contributed by atoms with Gasteiger partial charge in [-0.05, 0) is 41.5 Å². The predicted octanol–water partition coefficient (Wildman–Crippen LogP) is 2.25. The normalized spacial score (nSPS) is 10.4. The molecule has 0 fully saturated rings. The molecule has 0 radical (unpaired) electrons. The van der Waals surface area contributed by atoms with Gasteiger partial charge in [0.1, 0.15) is 17.3 Å². The highest BCUT2D eigenvalue weighted by Gasteiger charge is 2.05. The Balaban J connectivity index is 1.87. The van der Waals surface area contributed by atoms with Gasteiger partial charge in [0.25, 0.3) is 5.91 Å². The lowest BCUT2D eigenvalue weighted by molar-refractivity contribution is -0.126. The summed E-state index contributed by atoms with van der Waals surface area (Å²) in [5.74, 6) is -0.101. The van der Waals surface area contributed by atoms with Crippen LogP contribution in [0.2, 0.25) is 0 Å². The molecule has 136 valence electrons. The highest BCUT2D eigenvalue weighted by molar-refractivity contribution is 5.93. The van der Waals surface area contributed by atoms with Crippen molar-refractivity contribution in [1.82, 2.24) is 10.9 Å². The molecule has 0 unspecified atom stereocenters. The molecule has 0 spiro atoms. The molecular formula is C19H19FN2O4. The van der Waals surface area contributed by atoms with E-state index in [2.05, 4.69) is 10.9 Å². The fourth-order valence-electron chi connectivity index (χ4n) is 2.10. The molecule has 2 aromatic carbocycles. The fraction of sp³-hybridized carbons (Fsp3) is 0.158. The fourth-order valence-corrected chi connectivity index (χ4v) is 2.10. The van der Waals surface area contributed by atoms with E-state index in [0.717, 1.165) is 0 Å². The summed E-state index contributed by atoms with van der Waals surface area (Å²) in [7, 11) is 3.07. The molecule has 2 aromatic rings. The Labute approximate surface area is 150 Å². The molecule has 0 atom stereocenters. The van der Waals surface area contributed by atoms with Crippen LogP contribution in [-0.2, 0) is 16.0 Å². The second kappa shape index (κ2) is 9.22. The zero-order valence-electron chi connectivity index (χ0n) is 14.4. The molecule has 0 heterocycles. The number of carbonyl (C=O) groups excluding carboxylic acids is 2. The van der Waals surface area contributed by atoms with E-state index in [4.69, 9.17) is 9.47 Å². The van der Waals surface area contributed by atoms with Gasteiger partial charge in [0.05, 0.1) is 20.6 Å². The number of ether oxygens (including phenoxy) is 2. The van der Waals surface area contributed by atoms with Crippen LogP contribution < -0.4 is 20.3 Å². The Morgan fingerprint density at radius 2 is 1.62 bits per heavy atom. The minimum absolute atomic E-state index is 0.0252. The highest BCUT2D eigenvalue weighted by Crippen LogP contribution is 2.23. The number of amides is 2. The summed E-state index contributed by atoms with van der Waals surface area (Å²) in [5, 5.41) is 0. The van der Waals surface area contributed by atoms with E-state index in [0.29, 0.717) is 22.6 Å². The molecule has 6 nitrogen and oxygen atoms in total. The average molecular weight is 358 g/mol. The zero-order chi connectivity index (χ0) is 18.9. The molecule has 0 saturated heterocycles. The van der Waals surface area contributed by atoms with Gasteiger partial charge in [-0.2, -0.15) is 0 Å². The number of carbonyl (C=O) groups is 2. The Bertz CT molecular complexity index is 781. The van der Waals surface area contributed by atoms with E-state index < -0.39 is 11.8 Å². The van der Waals surface area contributed by atoms with Gasteiger partial charge in [0.2, 0.25) is 5.91 Å². The van der Waals surface area contributed by atoms with Crippen LogP contribution in [0.3, 0.4) is 0 Å². The summed E-state index contributed by atoms with van der Waals surface area (Å²) in [4.78, 5) is 23.6. The number of rotatable bonds is 6. The largest absolute Gasteiger partial charge is 0.497 e. The van der Waals surface area contributed by atoms with Crippen LogP contribution in [0.15, 0.2) is 48.5 Å². The van der Waals surface area contributed by atoms with Crippen molar-refractivity contribution in [3.63, 3.8) is 0 Å². The zero-order valence-corrected chi connectivity index (χ0v) is 14.4. The molecule has 0 aliphatic carbocycles. The van der Waals surface area contributed by atoms with Gasteiger partial charge in [-0.3, -0.25) is 20.4 Å². The first-order valence-corrected chi connectivity index (χ1v) is 7.74. The van der Waals surface area contributed by atoms with Gasteiger partial charge in [-0.25, -0.2) is 4.39 Å². The standard InChI is InChI=1S/C19H19FN2O4/c1-25-16-9-14(10-17(12-16)26-2)5-8-18(23)21-22-19(24)11-13-3-6-15(20)7-4-13/h3-10,12H,11H2,1-2H3,(H,21,23)(H,22,24)/b8-5+. The number of halogens is 1. The van der Waals surface area contributed by atoms with Crippen molar-refractivity contribution in [3.05, 3.63) is 65.5 Å². The molecule has 7 heteroatoms. The lowest BCUT2D eigenvalue weighted by Gasteiger charge is -2.06. The Morgan fingerprint density at radius 1 is 1.00 bits per heavy atom. The maximum Gasteiger partial charge on any atom is 0.262 e. The van der Waals surface area contributed by atoms with E-state index in [1.165, 1.54) is 44.6 Å². The number of hydrogen-bond donors (Lipinski definition) is 2. The second-order valence-corrected chi connectivity index (χ2v) is 5.32. The topological polar surface area (TPSA) is 76.7 Å². The molecule has 2 amide bonds. The quantitative estimate of drug-likeness (QED) is 0.613. The number of nitrogens with one attached hydrogen (secondary N) is 2. The minimum atomic E-state index is -0.501. The van der Waals surface area contributed by atoms with Crippen LogP contribution in [0.4, 0.5) is 4.39 Å². The van der Waals surface area contributed by atoms with Crippen LogP contribution in [-0.4, -0.2) is 26.0 Å². The van der Waals surface area contributed by atoms with Gasteiger partial charge < -0.3 is 9.47 Å². The van der Waals surface area contributed by atoms with Crippen molar-refractivity contribution in [3.8, 4) is 11.5 Å². The van der Waals surface area contributed by atoms with Crippen LogP contribution in [0, 0.1) is 5.82 Å². The van der Waals surface area contributed by atoms with Crippen molar-refractivity contribution in [2.75, 3.05) is 14.2 Å². The Hall–Kier alpha value is -3.35. The van der Waals surface area contributed by atoms with Crippen molar-refractivity contribution in [2.45, 2.75) is 6.42 Å². The average Bonchev–Trinajstić information content (AvgIpc) is 2.66. The molecule has 0 aliphatic rings.